The Morgan fingerprint density at radius 2 is 2.16 bits per heavy atom. The van der Waals surface area contributed by atoms with Crippen molar-refractivity contribution < 1.29 is 9.90 Å². The van der Waals surface area contributed by atoms with E-state index in [-0.39, 0.29) is 6.42 Å². The topological polar surface area (TPSA) is 52.6 Å². The van der Waals surface area contributed by atoms with Crippen LogP contribution in [0.25, 0.3) is 0 Å². The van der Waals surface area contributed by atoms with Crippen LogP contribution >= 0.6 is 11.6 Å². The van der Waals surface area contributed by atoms with Gasteiger partial charge in [-0.1, -0.05) is 23.7 Å². The summed E-state index contributed by atoms with van der Waals surface area (Å²) in [4.78, 5) is 13.0. The summed E-state index contributed by atoms with van der Waals surface area (Å²) in [6, 6.07) is 8.17. The lowest BCUT2D eigenvalue weighted by Crippen LogP contribution is -2.37. The molecule has 1 aliphatic heterocycles. The number of hydrogen-bond donors (Lipinski definition) is 2. The zero-order chi connectivity index (χ0) is 13.7. The van der Waals surface area contributed by atoms with Gasteiger partial charge in [-0.15, -0.1) is 0 Å². The first-order valence-electron chi connectivity index (χ1n) is 6.56. The minimum atomic E-state index is -0.743. The van der Waals surface area contributed by atoms with Crippen molar-refractivity contribution in [1.29, 1.82) is 0 Å². The Balaban J connectivity index is 1.99. The zero-order valence-corrected chi connectivity index (χ0v) is 11.6. The molecule has 1 aromatic rings. The molecule has 5 heteroatoms. The molecule has 0 saturated carbocycles. The highest BCUT2D eigenvalue weighted by atomic mass is 35.5. The summed E-state index contributed by atoms with van der Waals surface area (Å²) in [5, 5.41) is 12.9. The molecule has 1 fully saturated rings. The Morgan fingerprint density at radius 1 is 1.42 bits per heavy atom. The third-order valence-electron chi connectivity index (χ3n) is 3.46. The second-order valence-electron chi connectivity index (χ2n) is 4.89. The number of carbonyl (C=O) groups is 1. The van der Waals surface area contributed by atoms with E-state index in [9.17, 15) is 4.79 Å². The molecule has 1 heterocycles. The molecule has 2 N–H and O–H groups in total. The number of benzene rings is 1. The SMILES string of the molecule is O=C(O)CCN(Cc1ccc(Cl)cc1)C1CCNC1. The maximum absolute atomic E-state index is 10.8. The van der Waals surface area contributed by atoms with Crippen LogP contribution in [0.4, 0.5) is 0 Å². The zero-order valence-electron chi connectivity index (χ0n) is 10.8. The van der Waals surface area contributed by atoms with E-state index in [1.807, 2.05) is 24.3 Å². The Hall–Kier alpha value is -1.10. The predicted molar refractivity (Wildman–Crippen MR) is 75.4 cm³/mol. The van der Waals surface area contributed by atoms with Crippen LogP contribution in [0, 0.1) is 0 Å². The second kappa shape index (κ2) is 6.89. The van der Waals surface area contributed by atoms with Crippen molar-refractivity contribution in [1.82, 2.24) is 10.2 Å². The third-order valence-corrected chi connectivity index (χ3v) is 3.71. The van der Waals surface area contributed by atoms with Crippen molar-refractivity contribution in [2.24, 2.45) is 0 Å². The third kappa shape index (κ3) is 4.49. The molecule has 0 aromatic heterocycles. The lowest BCUT2D eigenvalue weighted by Gasteiger charge is -2.27. The van der Waals surface area contributed by atoms with E-state index in [0.717, 1.165) is 31.1 Å². The summed E-state index contributed by atoms with van der Waals surface area (Å²) in [5.41, 5.74) is 1.17. The van der Waals surface area contributed by atoms with Crippen LogP contribution in [0.15, 0.2) is 24.3 Å². The molecule has 0 amide bonds. The van der Waals surface area contributed by atoms with E-state index in [2.05, 4.69) is 10.2 Å². The number of carboxylic acid groups (broad SMARTS) is 1. The standard InChI is InChI=1S/C14H19ClN2O2/c15-12-3-1-11(2-4-12)10-17(8-6-14(18)19)13-5-7-16-9-13/h1-4,13,16H,5-10H2,(H,18,19). The van der Waals surface area contributed by atoms with E-state index >= 15 is 0 Å². The Morgan fingerprint density at radius 3 is 2.74 bits per heavy atom. The molecule has 4 nitrogen and oxygen atoms in total. The monoisotopic (exact) mass is 282 g/mol. The van der Waals surface area contributed by atoms with Gasteiger partial charge < -0.3 is 10.4 Å². The number of carboxylic acids is 1. The number of rotatable bonds is 6. The summed E-state index contributed by atoms with van der Waals surface area (Å²) in [6.07, 6.45) is 1.26. The first-order valence-corrected chi connectivity index (χ1v) is 6.94. The molecule has 2 rings (SSSR count). The molecule has 1 aromatic carbocycles. The van der Waals surface area contributed by atoms with E-state index in [1.54, 1.807) is 0 Å². The molecule has 1 unspecified atom stereocenters. The van der Waals surface area contributed by atoms with E-state index in [1.165, 1.54) is 5.56 Å². The van der Waals surface area contributed by atoms with Crippen molar-refractivity contribution >= 4 is 17.6 Å². The van der Waals surface area contributed by atoms with Crippen LogP contribution < -0.4 is 5.32 Å². The van der Waals surface area contributed by atoms with Gasteiger partial charge in [0.05, 0.1) is 6.42 Å². The molecule has 19 heavy (non-hydrogen) atoms. The van der Waals surface area contributed by atoms with Gasteiger partial charge in [-0.3, -0.25) is 9.69 Å². The Labute approximate surface area is 118 Å². The number of nitrogens with one attached hydrogen (secondary N) is 1. The van der Waals surface area contributed by atoms with E-state index < -0.39 is 5.97 Å². The Bertz CT molecular complexity index is 416. The van der Waals surface area contributed by atoms with Gasteiger partial charge in [0.2, 0.25) is 0 Å². The lowest BCUT2D eigenvalue weighted by molar-refractivity contribution is -0.137. The second-order valence-corrected chi connectivity index (χ2v) is 5.32. The van der Waals surface area contributed by atoms with Gasteiger partial charge >= 0.3 is 5.97 Å². The van der Waals surface area contributed by atoms with Crippen LogP contribution in [0.5, 0.6) is 0 Å². The highest BCUT2D eigenvalue weighted by molar-refractivity contribution is 6.30. The van der Waals surface area contributed by atoms with Gasteiger partial charge in [0.25, 0.3) is 0 Å². The van der Waals surface area contributed by atoms with Gasteiger partial charge in [0.1, 0.15) is 0 Å². The fraction of sp³-hybridized carbons (Fsp3) is 0.500. The molecule has 0 spiro atoms. The predicted octanol–water partition coefficient (Wildman–Crippen LogP) is 1.98. The highest BCUT2D eigenvalue weighted by Gasteiger charge is 2.22. The fourth-order valence-corrected chi connectivity index (χ4v) is 2.53. The summed E-state index contributed by atoms with van der Waals surface area (Å²) in [6.45, 7) is 3.31. The van der Waals surface area contributed by atoms with Crippen LogP contribution in [-0.2, 0) is 11.3 Å². The molecular weight excluding hydrogens is 264 g/mol. The number of hydrogen-bond acceptors (Lipinski definition) is 3. The maximum Gasteiger partial charge on any atom is 0.304 e. The molecule has 1 atom stereocenters. The van der Waals surface area contributed by atoms with Gasteiger partial charge in [-0.2, -0.15) is 0 Å². The van der Waals surface area contributed by atoms with Gasteiger partial charge in [0.15, 0.2) is 0 Å². The molecule has 1 aliphatic rings. The molecule has 0 aliphatic carbocycles. The molecular formula is C14H19ClN2O2. The molecule has 104 valence electrons. The minimum absolute atomic E-state index is 0.185. The average Bonchev–Trinajstić information content (AvgIpc) is 2.90. The Kier molecular flexibility index (Phi) is 5.19. The van der Waals surface area contributed by atoms with Crippen molar-refractivity contribution in [3.05, 3.63) is 34.9 Å². The van der Waals surface area contributed by atoms with Gasteiger partial charge in [-0.05, 0) is 30.7 Å². The normalized spacial score (nSPS) is 18.9. The van der Waals surface area contributed by atoms with Crippen LogP contribution in [-0.4, -0.2) is 41.7 Å². The smallest absolute Gasteiger partial charge is 0.304 e. The van der Waals surface area contributed by atoms with Crippen LogP contribution in [0.1, 0.15) is 18.4 Å². The molecule has 0 bridgehead atoms. The van der Waals surface area contributed by atoms with Crippen molar-refractivity contribution in [3.8, 4) is 0 Å². The van der Waals surface area contributed by atoms with E-state index in [4.69, 9.17) is 16.7 Å². The maximum atomic E-state index is 10.8. The minimum Gasteiger partial charge on any atom is -0.481 e. The van der Waals surface area contributed by atoms with Crippen molar-refractivity contribution in [2.45, 2.75) is 25.4 Å². The van der Waals surface area contributed by atoms with Gasteiger partial charge in [-0.25, -0.2) is 0 Å². The first-order chi connectivity index (χ1) is 9.15. The number of nitrogens with zero attached hydrogens (tertiary/aromatic N) is 1. The van der Waals surface area contributed by atoms with Crippen LogP contribution in [0.3, 0.4) is 0 Å². The summed E-state index contributed by atoms with van der Waals surface area (Å²) in [7, 11) is 0. The van der Waals surface area contributed by atoms with Crippen molar-refractivity contribution in [2.75, 3.05) is 19.6 Å². The quantitative estimate of drug-likeness (QED) is 0.838. The summed E-state index contributed by atoms with van der Waals surface area (Å²) < 4.78 is 0. The van der Waals surface area contributed by atoms with Gasteiger partial charge in [0, 0.05) is 30.7 Å². The molecule has 0 radical (unpaired) electrons. The van der Waals surface area contributed by atoms with E-state index in [0.29, 0.717) is 12.6 Å². The number of halogens is 1. The summed E-state index contributed by atoms with van der Waals surface area (Å²) in [5.74, 6) is -0.743. The largest absolute Gasteiger partial charge is 0.481 e. The highest BCUT2D eigenvalue weighted by Crippen LogP contribution is 2.16. The fourth-order valence-electron chi connectivity index (χ4n) is 2.41. The molecule has 1 saturated heterocycles. The summed E-state index contributed by atoms with van der Waals surface area (Å²) >= 11 is 5.88. The van der Waals surface area contributed by atoms with Crippen LogP contribution in [0.2, 0.25) is 5.02 Å². The average molecular weight is 283 g/mol. The number of aliphatic carboxylic acids is 1. The first kappa shape index (κ1) is 14.3. The lowest BCUT2D eigenvalue weighted by atomic mass is 10.1. The van der Waals surface area contributed by atoms with Crippen molar-refractivity contribution in [3.63, 3.8) is 0 Å².